The Morgan fingerprint density at radius 1 is 1.14 bits per heavy atom. The molecule has 1 amide bonds. The average Bonchev–Trinajstić information content (AvgIpc) is 2.75. The van der Waals surface area contributed by atoms with Crippen molar-refractivity contribution in [2.24, 2.45) is 0 Å². The summed E-state index contributed by atoms with van der Waals surface area (Å²) < 4.78 is 1.77. The van der Waals surface area contributed by atoms with Gasteiger partial charge in [-0.1, -0.05) is 29.8 Å². The summed E-state index contributed by atoms with van der Waals surface area (Å²) >= 11 is 5.40. The van der Waals surface area contributed by atoms with Gasteiger partial charge in [-0.15, -0.1) is 0 Å². The largest absolute Gasteiger partial charge is 0.352 e. The van der Waals surface area contributed by atoms with Crippen LogP contribution in [0.3, 0.4) is 0 Å². The molecule has 2 N–H and O–H groups in total. The normalized spacial score (nSPS) is 13.9. The molecular formula is C23H23N3O2S. The van der Waals surface area contributed by atoms with Crippen molar-refractivity contribution < 1.29 is 4.79 Å². The van der Waals surface area contributed by atoms with E-state index in [9.17, 15) is 9.59 Å². The molecule has 0 atom stereocenters. The van der Waals surface area contributed by atoms with Gasteiger partial charge in [0.05, 0.1) is 16.6 Å². The number of aromatic amines is 1. The molecular weight excluding hydrogens is 382 g/mol. The molecule has 0 unspecified atom stereocenters. The van der Waals surface area contributed by atoms with Gasteiger partial charge in [-0.2, -0.15) is 0 Å². The SMILES string of the molecule is O=C(NCCC1=CCCCC1)c1ccc2c(=O)n(-c3ccccc3)c(=S)[nH]c2c1. The van der Waals surface area contributed by atoms with Gasteiger partial charge in [-0.25, -0.2) is 0 Å². The summed E-state index contributed by atoms with van der Waals surface area (Å²) in [4.78, 5) is 28.6. The maximum atomic E-state index is 12.9. The van der Waals surface area contributed by atoms with Crippen LogP contribution in [-0.2, 0) is 0 Å². The number of amides is 1. The number of aromatic nitrogens is 2. The van der Waals surface area contributed by atoms with E-state index in [4.69, 9.17) is 12.2 Å². The van der Waals surface area contributed by atoms with Crippen LogP contribution in [0.25, 0.3) is 16.6 Å². The van der Waals surface area contributed by atoms with Crippen LogP contribution < -0.4 is 10.9 Å². The quantitative estimate of drug-likeness (QED) is 0.479. The minimum atomic E-state index is -0.203. The number of carbonyl (C=O) groups is 1. The van der Waals surface area contributed by atoms with Gasteiger partial charge < -0.3 is 10.3 Å². The van der Waals surface area contributed by atoms with Crippen molar-refractivity contribution in [3.63, 3.8) is 0 Å². The number of H-pyrrole nitrogens is 1. The zero-order valence-corrected chi connectivity index (χ0v) is 16.9. The molecule has 0 saturated heterocycles. The van der Waals surface area contributed by atoms with Crippen LogP contribution in [0.2, 0.25) is 0 Å². The van der Waals surface area contributed by atoms with Gasteiger partial charge in [-0.3, -0.25) is 14.2 Å². The van der Waals surface area contributed by atoms with Crippen molar-refractivity contribution in [3.05, 3.63) is 80.9 Å². The molecule has 148 valence electrons. The highest BCUT2D eigenvalue weighted by atomic mass is 32.1. The van der Waals surface area contributed by atoms with E-state index in [0.29, 0.717) is 33.5 Å². The van der Waals surface area contributed by atoms with Crippen molar-refractivity contribution in [3.8, 4) is 5.69 Å². The highest BCUT2D eigenvalue weighted by Gasteiger charge is 2.11. The minimum Gasteiger partial charge on any atom is -0.352 e. The number of fused-ring (bicyclic) bond motifs is 1. The predicted octanol–water partition coefficient (Wildman–Crippen LogP) is 4.67. The molecule has 5 nitrogen and oxygen atoms in total. The lowest BCUT2D eigenvalue weighted by Crippen LogP contribution is -2.25. The van der Waals surface area contributed by atoms with Gasteiger partial charge in [0.15, 0.2) is 4.77 Å². The van der Waals surface area contributed by atoms with Crippen LogP contribution in [0.15, 0.2) is 65.0 Å². The lowest BCUT2D eigenvalue weighted by Gasteiger charge is -2.13. The number of hydrogen-bond acceptors (Lipinski definition) is 3. The number of hydrogen-bond donors (Lipinski definition) is 2. The van der Waals surface area contributed by atoms with Crippen LogP contribution in [0, 0.1) is 4.77 Å². The van der Waals surface area contributed by atoms with Crippen LogP contribution in [0.5, 0.6) is 0 Å². The second-order valence-corrected chi connectivity index (χ2v) is 7.67. The number of rotatable bonds is 5. The van der Waals surface area contributed by atoms with Crippen LogP contribution in [-0.4, -0.2) is 22.0 Å². The van der Waals surface area contributed by atoms with Crippen molar-refractivity contribution in [1.29, 1.82) is 0 Å². The molecule has 6 heteroatoms. The van der Waals surface area contributed by atoms with E-state index in [2.05, 4.69) is 16.4 Å². The summed E-state index contributed by atoms with van der Waals surface area (Å²) in [6.07, 6.45) is 7.97. The summed E-state index contributed by atoms with van der Waals surface area (Å²) in [5.41, 5.74) is 3.01. The molecule has 1 aliphatic carbocycles. The Morgan fingerprint density at radius 3 is 2.72 bits per heavy atom. The van der Waals surface area contributed by atoms with Gasteiger partial charge >= 0.3 is 0 Å². The van der Waals surface area contributed by atoms with E-state index in [1.54, 1.807) is 18.2 Å². The van der Waals surface area contributed by atoms with Crippen LogP contribution >= 0.6 is 12.2 Å². The molecule has 2 aromatic carbocycles. The Morgan fingerprint density at radius 2 is 1.97 bits per heavy atom. The van der Waals surface area contributed by atoms with Gasteiger partial charge in [0, 0.05) is 12.1 Å². The summed E-state index contributed by atoms with van der Waals surface area (Å²) in [5.74, 6) is -0.144. The third-order valence-corrected chi connectivity index (χ3v) is 5.58. The van der Waals surface area contributed by atoms with Crippen LogP contribution in [0.1, 0.15) is 42.5 Å². The zero-order chi connectivity index (χ0) is 20.2. The van der Waals surface area contributed by atoms with Gasteiger partial charge in [0.2, 0.25) is 0 Å². The number of nitrogens with zero attached hydrogens (tertiary/aromatic N) is 1. The smallest absolute Gasteiger partial charge is 0.266 e. The first-order valence-corrected chi connectivity index (χ1v) is 10.3. The monoisotopic (exact) mass is 405 g/mol. The van der Waals surface area contributed by atoms with E-state index < -0.39 is 0 Å². The van der Waals surface area contributed by atoms with Crippen molar-refractivity contribution in [2.45, 2.75) is 32.1 Å². The molecule has 0 fully saturated rings. The molecule has 0 spiro atoms. The first kappa shape index (κ1) is 19.3. The summed E-state index contributed by atoms with van der Waals surface area (Å²) in [7, 11) is 0. The van der Waals surface area contributed by atoms with E-state index in [1.807, 2.05) is 30.3 Å². The summed E-state index contributed by atoms with van der Waals surface area (Å²) in [6.45, 7) is 0.619. The lowest BCUT2D eigenvalue weighted by molar-refractivity contribution is 0.0954. The van der Waals surface area contributed by atoms with Gasteiger partial charge in [0.25, 0.3) is 11.5 Å². The zero-order valence-electron chi connectivity index (χ0n) is 16.1. The van der Waals surface area contributed by atoms with E-state index in [0.717, 1.165) is 19.3 Å². The minimum absolute atomic E-state index is 0.144. The Hall–Kier alpha value is -2.99. The number of benzene rings is 2. The molecule has 29 heavy (non-hydrogen) atoms. The fourth-order valence-corrected chi connectivity index (χ4v) is 4.04. The Balaban J connectivity index is 1.56. The highest BCUT2D eigenvalue weighted by Crippen LogP contribution is 2.19. The highest BCUT2D eigenvalue weighted by molar-refractivity contribution is 7.71. The molecule has 1 aromatic heterocycles. The molecule has 3 aromatic rings. The maximum absolute atomic E-state index is 12.9. The molecule has 4 rings (SSSR count). The van der Waals surface area contributed by atoms with Gasteiger partial charge in [0.1, 0.15) is 0 Å². The fraction of sp³-hybridized carbons (Fsp3) is 0.261. The Kier molecular flexibility index (Phi) is 5.71. The van der Waals surface area contributed by atoms with E-state index in [1.165, 1.54) is 23.0 Å². The van der Waals surface area contributed by atoms with E-state index in [-0.39, 0.29) is 11.5 Å². The second-order valence-electron chi connectivity index (χ2n) is 7.28. The third kappa shape index (κ3) is 4.22. The number of allylic oxidation sites excluding steroid dienone is 1. The van der Waals surface area contributed by atoms with Crippen molar-refractivity contribution in [1.82, 2.24) is 14.9 Å². The number of para-hydroxylation sites is 1. The second kappa shape index (κ2) is 8.57. The molecule has 1 aliphatic rings. The first-order chi connectivity index (χ1) is 14.1. The molecule has 0 radical (unpaired) electrons. The van der Waals surface area contributed by atoms with Crippen LogP contribution in [0.4, 0.5) is 0 Å². The fourth-order valence-electron chi connectivity index (χ4n) is 3.74. The summed E-state index contributed by atoms with van der Waals surface area (Å²) in [5, 5.41) is 3.47. The predicted molar refractivity (Wildman–Crippen MR) is 118 cm³/mol. The van der Waals surface area contributed by atoms with Crippen molar-refractivity contribution in [2.75, 3.05) is 6.54 Å². The maximum Gasteiger partial charge on any atom is 0.266 e. The lowest BCUT2D eigenvalue weighted by atomic mass is 9.97. The molecule has 0 bridgehead atoms. The van der Waals surface area contributed by atoms with Gasteiger partial charge in [-0.05, 0) is 74.7 Å². The molecule has 1 heterocycles. The number of carbonyl (C=O) groups excluding carboxylic acids is 1. The standard InChI is InChI=1S/C23H23N3O2S/c27-21(24-14-13-16-7-3-1-4-8-16)17-11-12-19-20(15-17)25-23(29)26(22(19)28)18-9-5-2-6-10-18/h2,5-7,9-12,15H,1,3-4,8,13-14H2,(H,24,27)(H,25,29). The topological polar surface area (TPSA) is 66.9 Å². The Labute approximate surface area is 174 Å². The average molecular weight is 406 g/mol. The van der Waals surface area contributed by atoms with Crippen molar-refractivity contribution >= 4 is 29.0 Å². The Bertz CT molecular complexity index is 1190. The molecule has 0 saturated carbocycles. The molecule has 0 aliphatic heterocycles. The number of nitrogens with one attached hydrogen (secondary N) is 2. The first-order valence-electron chi connectivity index (χ1n) is 9.94. The van der Waals surface area contributed by atoms with E-state index >= 15 is 0 Å². The third-order valence-electron chi connectivity index (χ3n) is 5.29. The summed E-state index contributed by atoms with van der Waals surface area (Å²) in [6, 6.07) is 14.3.